The number of nitrogens with zero attached hydrogens (tertiary/aromatic N) is 2. The van der Waals surface area contributed by atoms with Crippen molar-refractivity contribution in [3.8, 4) is 0 Å². The molecule has 1 heterocycles. The number of benzene rings is 3. The van der Waals surface area contributed by atoms with Crippen LogP contribution in [0.3, 0.4) is 0 Å². The zero-order chi connectivity index (χ0) is 22.8. The number of anilines is 1. The molecule has 0 aliphatic heterocycles. The van der Waals surface area contributed by atoms with Crippen molar-refractivity contribution in [1.82, 2.24) is 9.13 Å². The molecule has 0 saturated heterocycles. The van der Waals surface area contributed by atoms with Gasteiger partial charge in [-0.1, -0.05) is 24.3 Å². The lowest BCUT2D eigenvalue weighted by Crippen LogP contribution is -2.42. The first-order valence-electron chi connectivity index (χ1n) is 9.86. The Morgan fingerprint density at radius 1 is 0.906 bits per heavy atom. The van der Waals surface area contributed by atoms with E-state index in [9.17, 15) is 23.2 Å². The standard InChI is InChI=1S/C24H19F2N3O3/c1-15-12-18(26)10-11-20(15)27-22(30)14-28-21-5-3-2-4-19(21)23(31)29(24(28)32)13-16-6-8-17(25)9-7-16/h2-12H,13-14H2,1H3,(H,27,30). The summed E-state index contributed by atoms with van der Waals surface area (Å²) in [6, 6.07) is 16.0. The molecule has 1 aromatic heterocycles. The van der Waals surface area contributed by atoms with Crippen molar-refractivity contribution >= 4 is 22.5 Å². The fourth-order valence-corrected chi connectivity index (χ4v) is 3.54. The van der Waals surface area contributed by atoms with Gasteiger partial charge in [0.05, 0.1) is 17.4 Å². The number of rotatable bonds is 5. The number of amides is 1. The van der Waals surface area contributed by atoms with Crippen molar-refractivity contribution < 1.29 is 13.6 Å². The van der Waals surface area contributed by atoms with Crippen LogP contribution in [-0.4, -0.2) is 15.0 Å². The Labute approximate surface area is 181 Å². The smallest absolute Gasteiger partial charge is 0.324 e. The predicted octanol–water partition coefficient (Wildman–Crippen LogP) is 3.44. The van der Waals surface area contributed by atoms with Crippen molar-refractivity contribution in [2.24, 2.45) is 0 Å². The van der Waals surface area contributed by atoms with E-state index < -0.39 is 28.8 Å². The molecule has 8 heteroatoms. The van der Waals surface area contributed by atoms with Gasteiger partial charge in [-0.2, -0.15) is 0 Å². The minimum atomic E-state index is -0.663. The van der Waals surface area contributed by atoms with Crippen molar-refractivity contribution in [2.75, 3.05) is 5.32 Å². The highest BCUT2D eigenvalue weighted by atomic mass is 19.1. The van der Waals surface area contributed by atoms with E-state index in [1.165, 1.54) is 47.0 Å². The van der Waals surface area contributed by atoms with Gasteiger partial charge >= 0.3 is 5.69 Å². The Kier molecular flexibility index (Phi) is 5.68. The third-order valence-corrected chi connectivity index (χ3v) is 5.15. The largest absolute Gasteiger partial charge is 0.332 e. The van der Waals surface area contributed by atoms with E-state index in [0.717, 1.165) is 4.57 Å². The van der Waals surface area contributed by atoms with Crippen LogP contribution in [0.25, 0.3) is 10.9 Å². The number of hydrogen-bond donors (Lipinski definition) is 1. The summed E-state index contributed by atoms with van der Waals surface area (Å²) in [5.41, 5.74) is 0.692. The Balaban J connectivity index is 1.74. The molecule has 1 N–H and O–H groups in total. The SMILES string of the molecule is Cc1cc(F)ccc1NC(=O)Cn1c(=O)n(Cc2ccc(F)cc2)c(=O)c2ccccc21. The van der Waals surface area contributed by atoms with Crippen LogP contribution < -0.4 is 16.6 Å². The highest BCUT2D eigenvalue weighted by Crippen LogP contribution is 2.16. The molecule has 6 nitrogen and oxygen atoms in total. The van der Waals surface area contributed by atoms with Gasteiger partial charge in [0.1, 0.15) is 18.2 Å². The van der Waals surface area contributed by atoms with Crippen LogP contribution in [-0.2, 0) is 17.9 Å². The van der Waals surface area contributed by atoms with Crippen LogP contribution in [0.5, 0.6) is 0 Å². The first-order valence-corrected chi connectivity index (χ1v) is 9.86. The first kappa shape index (κ1) is 21.2. The number of carbonyl (C=O) groups excluding carboxylic acids is 1. The molecule has 0 saturated carbocycles. The highest BCUT2D eigenvalue weighted by Gasteiger charge is 2.16. The number of halogens is 2. The number of nitrogens with one attached hydrogen (secondary N) is 1. The minimum absolute atomic E-state index is 0.0680. The highest BCUT2D eigenvalue weighted by molar-refractivity contribution is 5.92. The third kappa shape index (κ3) is 4.20. The van der Waals surface area contributed by atoms with Crippen LogP contribution >= 0.6 is 0 Å². The number of aromatic nitrogens is 2. The van der Waals surface area contributed by atoms with E-state index in [0.29, 0.717) is 22.3 Å². The predicted molar refractivity (Wildman–Crippen MR) is 118 cm³/mol. The maximum absolute atomic E-state index is 13.3. The van der Waals surface area contributed by atoms with Crippen molar-refractivity contribution in [3.63, 3.8) is 0 Å². The van der Waals surface area contributed by atoms with Crippen LogP contribution in [0.4, 0.5) is 14.5 Å². The van der Waals surface area contributed by atoms with Crippen LogP contribution in [0, 0.1) is 18.6 Å². The summed E-state index contributed by atoms with van der Waals surface area (Å²) in [4.78, 5) is 38.9. The van der Waals surface area contributed by atoms with Gasteiger partial charge in [-0.15, -0.1) is 0 Å². The van der Waals surface area contributed by atoms with Gasteiger partial charge in [-0.05, 0) is 60.5 Å². The lowest BCUT2D eigenvalue weighted by atomic mass is 10.2. The van der Waals surface area contributed by atoms with Gasteiger partial charge in [0, 0.05) is 5.69 Å². The molecular formula is C24H19F2N3O3. The van der Waals surface area contributed by atoms with Crippen LogP contribution in [0.1, 0.15) is 11.1 Å². The molecule has 162 valence electrons. The Bertz CT molecular complexity index is 1440. The second kappa shape index (κ2) is 8.58. The van der Waals surface area contributed by atoms with Crippen LogP contribution in [0.15, 0.2) is 76.3 Å². The summed E-state index contributed by atoms with van der Waals surface area (Å²) in [6.07, 6.45) is 0. The average molecular weight is 435 g/mol. The Morgan fingerprint density at radius 3 is 2.31 bits per heavy atom. The molecule has 0 aliphatic rings. The summed E-state index contributed by atoms with van der Waals surface area (Å²) in [6.45, 7) is 1.24. The normalized spacial score (nSPS) is 11.0. The van der Waals surface area contributed by atoms with E-state index in [1.807, 2.05) is 0 Å². The topological polar surface area (TPSA) is 73.1 Å². The first-order chi connectivity index (χ1) is 15.3. The van der Waals surface area contributed by atoms with E-state index >= 15 is 0 Å². The fraction of sp³-hybridized carbons (Fsp3) is 0.125. The quantitative estimate of drug-likeness (QED) is 0.522. The molecule has 4 aromatic rings. The van der Waals surface area contributed by atoms with Crippen molar-refractivity contribution in [1.29, 1.82) is 0 Å². The Morgan fingerprint density at radius 2 is 1.59 bits per heavy atom. The second-order valence-corrected chi connectivity index (χ2v) is 7.41. The summed E-state index contributed by atoms with van der Waals surface area (Å²) in [7, 11) is 0. The number of aryl methyl sites for hydroxylation is 1. The van der Waals surface area contributed by atoms with E-state index in [1.54, 1.807) is 31.2 Å². The molecule has 0 radical (unpaired) electrons. The van der Waals surface area contributed by atoms with E-state index in [4.69, 9.17) is 0 Å². The average Bonchev–Trinajstić information content (AvgIpc) is 2.77. The minimum Gasteiger partial charge on any atom is -0.324 e. The molecule has 0 aliphatic carbocycles. The zero-order valence-electron chi connectivity index (χ0n) is 17.1. The Hall–Kier alpha value is -4.07. The van der Waals surface area contributed by atoms with Gasteiger partial charge in [0.2, 0.25) is 5.91 Å². The van der Waals surface area contributed by atoms with Crippen molar-refractivity contribution in [2.45, 2.75) is 20.0 Å². The number of hydrogen-bond acceptors (Lipinski definition) is 3. The van der Waals surface area contributed by atoms with Gasteiger partial charge < -0.3 is 5.32 Å². The van der Waals surface area contributed by atoms with E-state index in [-0.39, 0.29) is 18.5 Å². The second-order valence-electron chi connectivity index (χ2n) is 7.41. The number of carbonyl (C=O) groups is 1. The molecule has 0 fully saturated rings. The van der Waals surface area contributed by atoms with Crippen LogP contribution in [0.2, 0.25) is 0 Å². The molecule has 32 heavy (non-hydrogen) atoms. The molecular weight excluding hydrogens is 416 g/mol. The van der Waals surface area contributed by atoms with Gasteiger partial charge in [0.25, 0.3) is 5.56 Å². The number of para-hydroxylation sites is 1. The van der Waals surface area contributed by atoms with Gasteiger partial charge in [-0.25, -0.2) is 13.6 Å². The summed E-state index contributed by atoms with van der Waals surface area (Å²) in [5.74, 6) is -1.35. The molecule has 0 bridgehead atoms. The monoisotopic (exact) mass is 435 g/mol. The van der Waals surface area contributed by atoms with Gasteiger partial charge in [-0.3, -0.25) is 18.7 Å². The van der Waals surface area contributed by atoms with E-state index in [2.05, 4.69) is 5.32 Å². The molecule has 0 spiro atoms. The third-order valence-electron chi connectivity index (χ3n) is 5.15. The lowest BCUT2D eigenvalue weighted by Gasteiger charge is -2.15. The molecule has 4 rings (SSSR count). The lowest BCUT2D eigenvalue weighted by molar-refractivity contribution is -0.116. The molecule has 3 aromatic carbocycles. The summed E-state index contributed by atoms with van der Waals surface area (Å²) in [5, 5.41) is 2.95. The summed E-state index contributed by atoms with van der Waals surface area (Å²) < 4.78 is 28.8. The maximum Gasteiger partial charge on any atom is 0.332 e. The van der Waals surface area contributed by atoms with Crippen molar-refractivity contribution in [3.05, 3.63) is 110 Å². The number of fused-ring (bicyclic) bond motifs is 1. The molecule has 0 unspecified atom stereocenters. The molecule has 0 atom stereocenters. The van der Waals surface area contributed by atoms with Gasteiger partial charge in [0.15, 0.2) is 0 Å². The fourth-order valence-electron chi connectivity index (χ4n) is 3.54. The molecule has 1 amide bonds. The zero-order valence-corrected chi connectivity index (χ0v) is 17.1. The maximum atomic E-state index is 13.3. The summed E-state index contributed by atoms with van der Waals surface area (Å²) >= 11 is 0.